The second kappa shape index (κ2) is 13.7. The summed E-state index contributed by atoms with van der Waals surface area (Å²) < 4.78 is 26.4. The molecule has 1 N–H and O–H groups in total. The Morgan fingerprint density at radius 1 is 1.08 bits per heavy atom. The number of halogens is 2. The van der Waals surface area contributed by atoms with E-state index in [-0.39, 0.29) is 37.4 Å². The van der Waals surface area contributed by atoms with Gasteiger partial charge >= 0.3 is 0 Å². The molecule has 3 rings (SSSR count). The maximum Gasteiger partial charge on any atom is 0.242 e. The van der Waals surface area contributed by atoms with Gasteiger partial charge in [-0.3, -0.25) is 13.9 Å². The van der Waals surface area contributed by atoms with Gasteiger partial charge in [-0.05, 0) is 62.4 Å². The molecule has 7 nitrogen and oxygen atoms in total. The monoisotopic (exact) mass is 581 g/mol. The highest BCUT2D eigenvalue weighted by atomic mass is 35.5. The fourth-order valence-corrected chi connectivity index (χ4v) is 6.30. The molecule has 0 spiro atoms. The van der Waals surface area contributed by atoms with E-state index >= 15 is 0 Å². The lowest BCUT2D eigenvalue weighted by molar-refractivity contribution is -0.141. The molecule has 0 bridgehead atoms. The Bertz CT molecular complexity index is 1230. The first-order chi connectivity index (χ1) is 18.0. The van der Waals surface area contributed by atoms with Gasteiger partial charge in [0.25, 0.3) is 0 Å². The molecule has 2 aromatic carbocycles. The van der Waals surface area contributed by atoms with Crippen LogP contribution in [0.2, 0.25) is 10.0 Å². The van der Waals surface area contributed by atoms with Crippen molar-refractivity contribution in [1.29, 1.82) is 0 Å². The number of nitrogens with one attached hydrogen (secondary N) is 1. The number of hydrogen-bond acceptors (Lipinski definition) is 4. The molecule has 0 heterocycles. The number of hydrogen-bond donors (Lipinski definition) is 1. The van der Waals surface area contributed by atoms with Crippen molar-refractivity contribution >= 4 is 50.7 Å². The summed E-state index contributed by atoms with van der Waals surface area (Å²) in [6.07, 6.45) is 6.75. The first kappa shape index (κ1) is 30.3. The normalized spacial score (nSPS) is 15.1. The van der Waals surface area contributed by atoms with Crippen LogP contribution in [0.3, 0.4) is 0 Å². The molecule has 2 amide bonds. The number of aryl methyl sites for hydroxylation is 1. The largest absolute Gasteiger partial charge is 0.352 e. The van der Waals surface area contributed by atoms with E-state index in [4.69, 9.17) is 23.2 Å². The standard InChI is InChI=1S/C28H37Cl2N3O4S/c1-20-10-7-8-13-26(20)33(38(3,36)37)17-9-14-27(34)32(19-22-15-16-23(29)18-25(22)30)21(2)28(35)31-24-11-5-4-6-12-24/h7-8,10,13,15-16,18,21,24H,4-6,9,11-12,14,17,19H2,1-3H3,(H,31,35)/t21-/m1/s1. The summed E-state index contributed by atoms with van der Waals surface area (Å²) in [6.45, 7) is 3.86. The highest BCUT2D eigenvalue weighted by Crippen LogP contribution is 2.25. The highest BCUT2D eigenvalue weighted by Gasteiger charge is 2.29. The molecular formula is C28H37Cl2N3O4S. The topological polar surface area (TPSA) is 86.8 Å². The van der Waals surface area contributed by atoms with Gasteiger partial charge in [-0.25, -0.2) is 8.42 Å². The zero-order valence-electron chi connectivity index (χ0n) is 22.3. The number of carbonyl (C=O) groups excluding carboxylic acids is 2. The van der Waals surface area contributed by atoms with Crippen molar-refractivity contribution in [2.24, 2.45) is 0 Å². The van der Waals surface area contributed by atoms with E-state index < -0.39 is 16.1 Å². The van der Waals surface area contributed by atoms with E-state index in [9.17, 15) is 18.0 Å². The molecule has 0 unspecified atom stereocenters. The average Bonchev–Trinajstić information content (AvgIpc) is 2.86. The maximum absolute atomic E-state index is 13.5. The fraction of sp³-hybridized carbons (Fsp3) is 0.500. The second-order valence-electron chi connectivity index (χ2n) is 10.0. The van der Waals surface area contributed by atoms with Crippen LogP contribution in [0.4, 0.5) is 5.69 Å². The Balaban J connectivity index is 1.75. The number of para-hydroxylation sites is 1. The van der Waals surface area contributed by atoms with Gasteiger partial charge in [-0.15, -0.1) is 0 Å². The third-order valence-electron chi connectivity index (χ3n) is 7.01. The molecule has 0 saturated heterocycles. The third kappa shape index (κ3) is 8.35. The van der Waals surface area contributed by atoms with Crippen molar-refractivity contribution < 1.29 is 18.0 Å². The van der Waals surface area contributed by atoms with E-state index in [1.807, 2.05) is 19.1 Å². The van der Waals surface area contributed by atoms with Crippen LogP contribution in [0.5, 0.6) is 0 Å². The summed E-state index contributed by atoms with van der Waals surface area (Å²) >= 11 is 12.5. The minimum absolute atomic E-state index is 0.0736. The molecule has 0 radical (unpaired) electrons. The first-order valence-corrected chi connectivity index (χ1v) is 15.6. The van der Waals surface area contributed by atoms with Gasteiger partial charge in [0.1, 0.15) is 6.04 Å². The smallest absolute Gasteiger partial charge is 0.242 e. The number of carbonyl (C=O) groups is 2. The SMILES string of the molecule is Cc1ccccc1N(CCCC(=O)N(Cc1ccc(Cl)cc1Cl)[C@H](C)C(=O)NC1CCCCC1)S(C)(=O)=O. The maximum atomic E-state index is 13.5. The van der Waals surface area contributed by atoms with Crippen LogP contribution in [-0.4, -0.2) is 50.0 Å². The lowest BCUT2D eigenvalue weighted by Crippen LogP contribution is -2.50. The van der Waals surface area contributed by atoms with Crippen LogP contribution in [-0.2, 0) is 26.2 Å². The van der Waals surface area contributed by atoms with Crippen molar-refractivity contribution in [3.63, 3.8) is 0 Å². The lowest BCUT2D eigenvalue weighted by atomic mass is 9.95. The van der Waals surface area contributed by atoms with Crippen LogP contribution >= 0.6 is 23.2 Å². The molecule has 38 heavy (non-hydrogen) atoms. The Morgan fingerprint density at radius 3 is 2.39 bits per heavy atom. The summed E-state index contributed by atoms with van der Waals surface area (Å²) in [7, 11) is -3.55. The Hall–Kier alpha value is -2.29. The fourth-order valence-electron chi connectivity index (χ4n) is 4.81. The van der Waals surface area contributed by atoms with Crippen LogP contribution in [0.1, 0.15) is 63.0 Å². The Kier molecular flexibility index (Phi) is 10.9. The molecule has 1 aliphatic rings. The predicted octanol–water partition coefficient (Wildman–Crippen LogP) is 5.71. The Morgan fingerprint density at radius 2 is 1.76 bits per heavy atom. The van der Waals surface area contributed by atoms with Gasteiger partial charge in [0, 0.05) is 35.6 Å². The molecule has 1 fully saturated rings. The van der Waals surface area contributed by atoms with Crippen molar-refractivity contribution in [2.45, 2.75) is 77.4 Å². The van der Waals surface area contributed by atoms with Gasteiger partial charge in [-0.2, -0.15) is 0 Å². The van der Waals surface area contributed by atoms with Gasteiger partial charge < -0.3 is 10.2 Å². The number of benzene rings is 2. The van der Waals surface area contributed by atoms with Gasteiger partial charge in [-0.1, -0.05) is 66.7 Å². The molecule has 1 aliphatic carbocycles. The summed E-state index contributed by atoms with van der Waals surface area (Å²) in [5.41, 5.74) is 2.10. The van der Waals surface area contributed by atoms with Gasteiger partial charge in [0.05, 0.1) is 11.9 Å². The van der Waals surface area contributed by atoms with E-state index in [0.29, 0.717) is 27.7 Å². The lowest BCUT2D eigenvalue weighted by Gasteiger charge is -2.32. The first-order valence-electron chi connectivity index (χ1n) is 13.0. The minimum Gasteiger partial charge on any atom is -0.352 e. The van der Waals surface area contributed by atoms with E-state index in [2.05, 4.69) is 5.32 Å². The molecule has 1 atom stereocenters. The zero-order chi connectivity index (χ0) is 27.9. The summed E-state index contributed by atoms with van der Waals surface area (Å²) in [5.74, 6) is -0.450. The molecule has 0 aromatic heterocycles. The number of sulfonamides is 1. The van der Waals surface area contributed by atoms with Crippen molar-refractivity contribution in [1.82, 2.24) is 10.2 Å². The number of anilines is 1. The molecular weight excluding hydrogens is 545 g/mol. The van der Waals surface area contributed by atoms with Gasteiger partial charge in [0.2, 0.25) is 21.8 Å². The van der Waals surface area contributed by atoms with Gasteiger partial charge in [0.15, 0.2) is 0 Å². The van der Waals surface area contributed by atoms with Crippen LogP contribution < -0.4 is 9.62 Å². The second-order valence-corrected chi connectivity index (χ2v) is 12.8. The zero-order valence-corrected chi connectivity index (χ0v) is 24.6. The average molecular weight is 583 g/mol. The van der Waals surface area contributed by atoms with E-state index in [1.165, 1.54) is 15.6 Å². The van der Waals surface area contributed by atoms with E-state index in [0.717, 1.165) is 37.5 Å². The van der Waals surface area contributed by atoms with Crippen molar-refractivity contribution in [3.8, 4) is 0 Å². The highest BCUT2D eigenvalue weighted by molar-refractivity contribution is 7.92. The molecule has 0 aliphatic heterocycles. The van der Waals surface area contributed by atoms with Crippen LogP contribution in [0, 0.1) is 6.92 Å². The molecule has 1 saturated carbocycles. The molecule has 2 aromatic rings. The summed E-state index contributed by atoms with van der Waals surface area (Å²) in [5, 5.41) is 4.01. The Labute approximate surface area is 236 Å². The molecule has 208 valence electrons. The van der Waals surface area contributed by atoms with Crippen LogP contribution in [0.25, 0.3) is 0 Å². The summed E-state index contributed by atoms with van der Waals surface area (Å²) in [4.78, 5) is 28.2. The quantitative estimate of drug-likeness (QED) is 0.368. The number of amides is 2. The minimum atomic E-state index is -3.55. The third-order valence-corrected chi connectivity index (χ3v) is 8.78. The molecule has 10 heteroatoms. The number of nitrogens with zero attached hydrogens (tertiary/aromatic N) is 2. The predicted molar refractivity (Wildman–Crippen MR) is 154 cm³/mol. The van der Waals surface area contributed by atoms with Crippen molar-refractivity contribution in [3.05, 3.63) is 63.6 Å². The van der Waals surface area contributed by atoms with E-state index in [1.54, 1.807) is 37.3 Å². The van der Waals surface area contributed by atoms with Crippen molar-refractivity contribution in [2.75, 3.05) is 17.1 Å². The van der Waals surface area contributed by atoms with Crippen LogP contribution in [0.15, 0.2) is 42.5 Å². The summed E-state index contributed by atoms with van der Waals surface area (Å²) in [6, 6.07) is 11.7. The number of rotatable bonds is 11.